The molecule has 1 aromatic carbocycles. The van der Waals surface area contributed by atoms with Crippen LogP contribution in [0.5, 0.6) is 0 Å². The molecule has 0 spiro atoms. The molecule has 0 saturated heterocycles. The Morgan fingerprint density at radius 3 is 2.73 bits per heavy atom. The van der Waals surface area contributed by atoms with Gasteiger partial charge in [0.05, 0.1) is 10.9 Å². The molecular weight excluding hydrogens is 438 g/mol. The maximum atomic E-state index is 12.6. The molecule has 0 aliphatic carbocycles. The van der Waals surface area contributed by atoms with Gasteiger partial charge in [0.25, 0.3) is 0 Å². The average Bonchev–Trinajstić information content (AvgIpc) is 3.40. The van der Waals surface area contributed by atoms with Crippen molar-refractivity contribution in [2.45, 2.75) is 32.9 Å². The first-order valence-electron chi connectivity index (χ1n) is 9.99. The fraction of sp³-hybridized carbons (Fsp3) is 0.381. The lowest BCUT2D eigenvalue weighted by molar-refractivity contribution is -0.121. The number of rotatable bonds is 10. The second-order valence-corrected chi connectivity index (χ2v) is 8.54. The lowest BCUT2D eigenvalue weighted by Gasteiger charge is -2.31. The van der Waals surface area contributed by atoms with E-state index in [0.29, 0.717) is 29.3 Å². The first-order chi connectivity index (χ1) is 14.5. The Kier molecular flexibility index (Phi) is 8.21. The third-order valence-electron chi connectivity index (χ3n) is 5.07. The molecule has 2 aromatic heterocycles. The fourth-order valence-electron chi connectivity index (χ4n) is 3.48. The van der Waals surface area contributed by atoms with Crippen molar-refractivity contribution >= 4 is 41.1 Å². The molecule has 6 nitrogen and oxygen atoms in total. The fourth-order valence-corrected chi connectivity index (χ4v) is 4.68. The SMILES string of the molecule is CCN(CC)C(CNC(=O)CCn1c(-c2cccs2)n[nH]c1=S)c1ccccc1Cl. The van der Waals surface area contributed by atoms with Gasteiger partial charge in [0.2, 0.25) is 5.91 Å². The van der Waals surface area contributed by atoms with Gasteiger partial charge in [0.15, 0.2) is 10.6 Å². The molecule has 9 heteroatoms. The predicted octanol–water partition coefficient (Wildman–Crippen LogP) is 4.91. The molecule has 160 valence electrons. The molecule has 0 aliphatic heterocycles. The van der Waals surface area contributed by atoms with Crippen molar-refractivity contribution < 1.29 is 4.79 Å². The van der Waals surface area contributed by atoms with Crippen LogP contribution in [-0.2, 0) is 11.3 Å². The van der Waals surface area contributed by atoms with E-state index in [0.717, 1.165) is 29.4 Å². The minimum atomic E-state index is -0.0283. The predicted molar refractivity (Wildman–Crippen MR) is 125 cm³/mol. The van der Waals surface area contributed by atoms with Crippen LogP contribution in [0.25, 0.3) is 10.7 Å². The molecule has 30 heavy (non-hydrogen) atoms. The van der Waals surface area contributed by atoms with Crippen LogP contribution in [0.4, 0.5) is 0 Å². The highest BCUT2D eigenvalue weighted by molar-refractivity contribution is 7.71. The normalized spacial score (nSPS) is 12.3. The number of aromatic nitrogens is 3. The van der Waals surface area contributed by atoms with Crippen molar-refractivity contribution in [1.29, 1.82) is 0 Å². The Morgan fingerprint density at radius 1 is 1.30 bits per heavy atom. The first-order valence-corrected chi connectivity index (χ1v) is 11.7. The van der Waals surface area contributed by atoms with E-state index in [2.05, 4.69) is 34.3 Å². The molecule has 1 amide bonds. The van der Waals surface area contributed by atoms with E-state index >= 15 is 0 Å². The number of aromatic amines is 1. The zero-order chi connectivity index (χ0) is 21.5. The average molecular weight is 464 g/mol. The van der Waals surface area contributed by atoms with Crippen LogP contribution in [0.1, 0.15) is 31.9 Å². The number of hydrogen-bond donors (Lipinski definition) is 2. The van der Waals surface area contributed by atoms with E-state index in [4.69, 9.17) is 23.8 Å². The number of halogens is 1. The van der Waals surface area contributed by atoms with E-state index in [1.807, 2.05) is 46.3 Å². The summed E-state index contributed by atoms with van der Waals surface area (Å²) in [6, 6.07) is 11.8. The zero-order valence-corrected chi connectivity index (χ0v) is 19.5. The number of nitrogens with one attached hydrogen (secondary N) is 2. The third kappa shape index (κ3) is 5.37. The molecule has 2 heterocycles. The Morgan fingerprint density at radius 2 is 2.07 bits per heavy atom. The maximum Gasteiger partial charge on any atom is 0.221 e. The highest BCUT2D eigenvalue weighted by atomic mass is 35.5. The minimum Gasteiger partial charge on any atom is -0.354 e. The number of nitrogens with zero attached hydrogens (tertiary/aromatic N) is 3. The van der Waals surface area contributed by atoms with Crippen LogP contribution in [-0.4, -0.2) is 45.2 Å². The van der Waals surface area contributed by atoms with Crippen LogP contribution in [0.15, 0.2) is 41.8 Å². The van der Waals surface area contributed by atoms with Gasteiger partial charge in [0, 0.05) is 24.5 Å². The summed E-state index contributed by atoms with van der Waals surface area (Å²) in [7, 11) is 0. The Labute approximate surface area is 190 Å². The van der Waals surface area contributed by atoms with Crippen LogP contribution in [0, 0.1) is 4.77 Å². The maximum absolute atomic E-state index is 12.6. The summed E-state index contributed by atoms with van der Waals surface area (Å²) in [6.07, 6.45) is 0.319. The number of carbonyl (C=O) groups excluding carboxylic acids is 1. The summed E-state index contributed by atoms with van der Waals surface area (Å²) in [4.78, 5) is 15.9. The van der Waals surface area contributed by atoms with E-state index in [1.165, 1.54) is 0 Å². The van der Waals surface area contributed by atoms with Gasteiger partial charge >= 0.3 is 0 Å². The molecule has 0 saturated carbocycles. The molecule has 2 N–H and O–H groups in total. The summed E-state index contributed by atoms with van der Waals surface area (Å²) >= 11 is 13.4. The van der Waals surface area contributed by atoms with Gasteiger partial charge in [-0.3, -0.25) is 19.4 Å². The molecule has 1 unspecified atom stereocenters. The summed E-state index contributed by atoms with van der Waals surface area (Å²) < 4.78 is 2.39. The smallest absolute Gasteiger partial charge is 0.221 e. The van der Waals surface area contributed by atoms with Crippen molar-refractivity contribution in [1.82, 2.24) is 25.0 Å². The summed E-state index contributed by atoms with van der Waals surface area (Å²) in [6.45, 7) is 6.94. The lowest BCUT2D eigenvalue weighted by atomic mass is 10.0. The number of carbonyl (C=O) groups is 1. The number of thiophene rings is 1. The molecule has 0 aliphatic rings. The third-order valence-corrected chi connectivity index (χ3v) is 6.59. The largest absolute Gasteiger partial charge is 0.354 e. The molecule has 3 aromatic rings. The monoisotopic (exact) mass is 463 g/mol. The second kappa shape index (κ2) is 10.9. The molecule has 1 atom stereocenters. The van der Waals surface area contributed by atoms with Crippen LogP contribution in [0.2, 0.25) is 5.02 Å². The van der Waals surface area contributed by atoms with Crippen molar-refractivity contribution in [2.75, 3.05) is 19.6 Å². The van der Waals surface area contributed by atoms with Crippen LogP contribution >= 0.6 is 35.2 Å². The minimum absolute atomic E-state index is 0.0235. The molecule has 0 fully saturated rings. The van der Waals surface area contributed by atoms with E-state index in [1.54, 1.807) is 11.3 Å². The Hall–Kier alpha value is -2.00. The van der Waals surface area contributed by atoms with Crippen molar-refractivity contribution in [3.05, 3.63) is 57.1 Å². The quantitative estimate of drug-likeness (QED) is 0.419. The van der Waals surface area contributed by atoms with Crippen molar-refractivity contribution in [3.8, 4) is 10.7 Å². The van der Waals surface area contributed by atoms with Crippen LogP contribution in [0.3, 0.4) is 0 Å². The highest BCUT2D eigenvalue weighted by Crippen LogP contribution is 2.27. The Balaban J connectivity index is 1.65. The number of H-pyrrole nitrogens is 1. The topological polar surface area (TPSA) is 66.0 Å². The summed E-state index contributed by atoms with van der Waals surface area (Å²) in [5.41, 5.74) is 1.03. The van der Waals surface area contributed by atoms with Gasteiger partial charge in [-0.05, 0) is 48.4 Å². The van der Waals surface area contributed by atoms with Crippen LogP contribution < -0.4 is 5.32 Å². The number of likely N-dealkylation sites (N-methyl/N-ethyl adjacent to an activating group) is 1. The summed E-state index contributed by atoms with van der Waals surface area (Å²) in [5.74, 6) is 0.735. The van der Waals surface area contributed by atoms with Crippen molar-refractivity contribution in [3.63, 3.8) is 0 Å². The van der Waals surface area contributed by atoms with Gasteiger partial charge in [-0.15, -0.1) is 11.3 Å². The molecule has 0 bridgehead atoms. The first kappa shape index (κ1) is 22.7. The highest BCUT2D eigenvalue weighted by Gasteiger charge is 2.21. The standard InChI is InChI=1S/C21H26ClN5OS2/c1-3-26(4-2)17(15-8-5-6-9-16(15)22)14-23-19(28)11-12-27-20(24-25-21(27)29)18-10-7-13-30-18/h5-10,13,17H,3-4,11-12,14H2,1-2H3,(H,23,28)(H,25,29). The Bertz CT molecular complexity index is 1010. The number of benzene rings is 1. The number of amides is 1. The van der Waals surface area contributed by atoms with Gasteiger partial charge in [-0.1, -0.05) is 49.7 Å². The molecular formula is C21H26ClN5OS2. The van der Waals surface area contributed by atoms with E-state index < -0.39 is 0 Å². The van der Waals surface area contributed by atoms with Gasteiger partial charge in [0.1, 0.15) is 0 Å². The summed E-state index contributed by atoms with van der Waals surface area (Å²) in [5, 5.41) is 12.9. The molecule has 0 radical (unpaired) electrons. The molecule has 3 rings (SSSR count). The van der Waals surface area contributed by atoms with E-state index in [-0.39, 0.29) is 11.9 Å². The van der Waals surface area contributed by atoms with Crippen molar-refractivity contribution in [2.24, 2.45) is 0 Å². The number of hydrogen-bond acceptors (Lipinski definition) is 5. The second-order valence-electron chi connectivity index (χ2n) is 6.79. The zero-order valence-electron chi connectivity index (χ0n) is 17.1. The van der Waals surface area contributed by atoms with Gasteiger partial charge in [-0.25, -0.2) is 0 Å². The van der Waals surface area contributed by atoms with Gasteiger partial charge < -0.3 is 5.32 Å². The van der Waals surface area contributed by atoms with E-state index in [9.17, 15) is 4.79 Å². The van der Waals surface area contributed by atoms with Gasteiger partial charge in [-0.2, -0.15) is 5.10 Å². The lowest BCUT2D eigenvalue weighted by Crippen LogP contribution is -2.38.